The molecule has 106 valence electrons. The first-order valence-corrected chi connectivity index (χ1v) is 6.71. The van der Waals surface area contributed by atoms with Crippen LogP contribution in [-0.4, -0.2) is 31.9 Å². The normalized spacial score (nSPS) is 10.2. The summed E-state index contributed by atoms with van der Waals surface area (Å²) in [6, 6.07) is -0.396. The van der Waals surface area contributed by atoms with Gasteiger partial charge in [-0.3, -0.25) is 4.68 Å². The van der Waals surface area contributed by atoms with Crippen LogP contribution in [-0.2, 0) is 13.1 Å². The highest BCUT2D eigenvalue weighted by atomic mass is 32.1. The standard InChI is InChI=1S/C11H13N5O3S/c1-2-16-5-7(3-13-16)14-11(19)12-4-9-15-8(6-20-9)10(17)18/h3,5-6H,2,4H2,1H3,(H,17,18)(H2,12,14,19). The van der Waals surface area contributed by atoms with Crippen LogP contribution in [0.3, 0.4) is 0 Å². The number of aromatic carboxylic acids is 1. The molecule has 0 aromatic carbocycles. The Morgan fingerprint density at radius 2 is 2.30 bits per heavy atom. The zero-order chi connectivity index (χ0) is 14.5. The van der Waals surface area contributed by atoms with E-state index < -0.39 is 12.0 Å². The van der Waals surface area contributed by atoms with E-state index in [4.69, 9.17) is 5.11 Å². The molecule has 2 heterocycles. The first-order valence-electron chi connectivity index (χ1n) is 5.83. The lowest BCUT2D eigenvalue weighted by atomic mass is 10.5. The highest BCUT2D eigenvalue weighted by Gasteiger charge is 2.09. The van der Waals surface area contributed by atoms with Gasteiger partial charge >= 0.3 is 12.0 Å². The van der Waals surface area contributed by atoms with Crippen molar-refractivity contribution in [1.82, 2.24) is 20.1 Å². The van der Waals surface area contributed by atoms with Gasteiger partial charge in [-0.2, -0.15) is 5.10 Å². The SMILES string of the molecule is CCn1cc(NC(=O)NCc2nc(C(=O)O)cs2)cn1. The third kappa shape index (κ3) is 3.54. The molecular weight excluding hydrogens is 282 g/mol. The zero-order valence-electron chi connectivity index (χ0n) is 10.7. The van der Waals surface area contributed by atoms with Gasteiger partial charge in [0.2, 0.25) is 0 Å². The number of amides is 2. The molecule has 2 amide bonds. The summed E-state index contributed by atoms with van der Waals surface area (Å²) in [5, 5.41) is 19.9. The van der Waals surface area contributed by atoms with Crippen molar-refractivity contribution in [1.29, 1.82) is 0 Å². The fraction of sp³-hybridized carbons (Fsp3) is 0.273. The average Bonchev–Trinajstić information content (AvgIpc) is 3.05. The number of aryl methyl sites for hydroxylation is 1. The number of thiazole rings is 1. The largest absolute Gasteiger partial charge is 0.476 e. The topological polar surface area (TPSA) is 109 Å². The minimum atomic E-state index is -1.08. The van der Waals surface area contributed by atoms with E-state index in [1.807, 2.05) is 6.92 Å². The fourth-order valence-electron chi connectivity index (χ4n) is 1.42. The van der Waals surface area contributed by atoms with Crippen molar-refractivity contribution in [3.05, 3.63) is 28.5 Å². The Labute approximate surface area is 118 Å². The van der Waals surface area contributed by atoms with E-state index in [1.165, 1.54) is 16.7 Å². The number of hydrogen-bond donors (Lipinski definition) is 3. The van der Waals surface area contributed by atoms with E-state index in [2.05, 4.69) is 20.7 Å². The molecule has 0 aliphatic carbocycles. The number of rotatable bonds is 5. The molecule has 0 atom stereocenters. The summed E-state index contributed by atoms with van der Waals surface area (Å²) in [7, 11) is 0. The van der Waals surface area contributed by atoms with Crippen LogP contribution in [0.15, 0.2) is 17.8 Å². The van der Waals surface area contributed by atoms with Crippen LogP contribution in [0, 0.1) is 0 Å². The first-order chi connectivity index (χ1) is 9.58. The van der Waals surface area contributed by atoms with Crippen molar-refractivity contribution in [2.24, 2.45) is 0 Å². The van der Waals surface area contributed by atoms with Crippen LogP contribution < -0.4 is 10.6 Å². The first kappa shape index (κ1) is 14.0. The summed E-state index contributed by atoms with van der Waals surface area (Å²) < 4.78 is 1.69. The summed E-state index contributed by atoms with van der Waals surface area (Å²) in [5.41, 5.74) is 0.575. The quantitative estimate of drug-likeness (QED) is 0.772. The van der Waals surface area contributed by atoms with Crippen molar-refractivity contribution in [3.63, 3.8) is 0 Å². The maximum atomic E-state index is 11.6. The number of carboxylic acids is 1. The lowest BCUT2D eigenvalue weighted by Crippen LogP contribution is -2.28. The number of carbonyl (C=O) groups is 2. The number of aromatic nitrogens is 3. The molecule has 2 rings (SSSR count). The molecule has 0 saturated carbocycles. The molecule has 2 aromatic heterocycles. The summed E-state index contributed by atoms with van der Waals surface area (Å²) in [4.78, 5) is 26.2. The molecule has 0 fully saturated rings. The lowest BCUT2D eigenvalue weighted by molar-refractivity contribution is 0.0691. The lowest BCUT2D eigenvalue weighted by Gasteiger charge is -2.03. The van der Waals surface area contributed by atoms with Crippen molar-refractivity contribution in [3.8, 4) is 0 Å². The second-order valence-corrected chi connectivity index (χ2v) is 4.77. The minimum absolute atomic E-state index is 0.0172. The number of urea groups is 1. The van der Waals surface area contributed by atoms with Crippen LogP contribution in [0.1, 0.15) is 22.4 Å². The van der Waals surface area contributed by atoms with Gasteiger partial charge in [-0.05, 0) is 6.92 Å². The van der Waals surface area contributed by atoms with Crippen LogP contribution in [0.4, 0.5) is 10.5 Å². The summed E-state index contributed by atoms with van der Waals surface area (Å²) in [6.07, 6.45) is 3.26. The monoisotopic (exact) mass is 295 g/mol. The second-order valence-electron chi connectivity index (χ2n) is 3.82. The molecule has 0 bridgehead atoms. The second kappa shape index (κ2) is 6.15. The summed E-state index contributed by atoms with van der Waals surface area (Å²) >= 11 is 1.18. The van der Waals surface area contributed by atoms with Gasteiger partial charge in [0, 0.05) is 18.1 Å². The van der Waals surface area contributed by atoms with Crippen molar-refractivity contribution in [2.75, 3.05) is 5.32 Å². The van der Waals surface area contributed by atoms with E-state index in [1.54, 1.807) is 17.1 Å². The Morgan fingerprint density at radius 3 is 2.90 bits per heavy atom. The van der Waals surface area contributed by atoms with Crippen molar-refractivity contribution in [2.45, 2.75) is 20.0 Å². The van der Waals surface area contributed by atoms with Gasteiger partial charge in [-0.25, -0.2) is 14.6 Å². The Morgan fingerprint density at radius 1 is 1.50 bits per heavy atom. The van der Waals surface area contributed by atoms with Crippen LogP contribution in [0.2, 0.25) is 0 Å². The van der Waals surface area contributed by atoms with Gasteiger partial charge < -0.3 is 15.7 Å². The molecule has 0 spiro atoms. The van der Waals surface area contributed by atoms with Crippen molar-refractivity contribution >= 4 is 29.0 Å². The Balaban J connectivity index is 1.83. The number of hydrogen-bond acceptors (Lipinski definition) is 5. The Hall–Kier alpha value is -2.42. The highest BCUT2D eigenvalue weighted by Crippen LogP contribution is 2.09. The van der Waals surface area contributed by atoms with Gasteiger partial charge in [-0.1, -0.05) is 0 Å². The zero-order valence-corrected chi connectivity index (χ0v) is 11.5. The number of carbonyl (C=O) groups excluding carboxylic acids is 1. The van der Waals surface area contributed by atoms with E-state index in [0.717, 1.165) is 6.54 Å². The molecule has 0 aliphatic heterocycles. The molecule has 0 aliphatic rings. The van der Waals surface area contributed by atoms with Crippen LogP contribution in [0.25, 0.3) is 0 Å². The minimum Gasteiger partial charge on any atom is -0.476 e. The summed E-state index contributed by atoms with van der Waals surface area (Å²) in [5.74, 6) is -1.08. The number of carboxylic acid groups (broad SMARTS) is 1. The molecule has 3 N–H and O–H groups in total. The van der Waals surface area contributed by atoms with Gasteiger partial charge in [-0.15, -0.1) is 11.3 Å². The summed E-state index contributed by atoms with van der Waals surface area (Å²) in [6.45, 7) is 2.84. The van der Waals surface area contributed by atoms with E-state index in [-0.39, 0.29) is 12.2 Å². The van der Waals surface area contributed by atoms with Crippen LogP contribution >= 0.6 is 11.3 Å². The van der Waals surface area contributed by atoms with Gasteiger partial charge in [0.25, 0.3) is 0 Å². The smallest absolute Gasteiger partial charge is 0.355 e. The van der Waals surface area contributed by atoms with E-state index in [0.29, 0.717) is 10.7 Å². The molecule has 2 aromatic rings. The van der Waals surface area contributed by atoms with Gasteiger partial charge in [0.1, 0.15) is 5.01 Å². The maximum Gasteiger partial charge on any atom is 0.355 e. The molecule has 8 nitrogen and oxygen atoms in total. The van der Waals surface area contributed by atoms with Crippen LogP contribution in [0.5, 0.6) is 0 Å². The predicted octanol–water partition coefficient (Wildman–Crippen LogP) is 1.38. The van der Waals surface area contributed by atoms with Gasteiger partial charge in [0.05, 0.1) is 18.4 Å². The number of nitrogens with one attached hydrogen (secondary N) is 2. The Bertz CT molecular complexity index is 621. The highest BCUT2D eigenvalue weighted by molar-refractivity contribution is 7.09. The third-order valence-corrected chi connectivity index (χ3v) is 3.23. The maximum absolute atomic E-state index is 11.6. The van der Waals surface area contributed by atoms with Gasteiger partial charge in [0.15, 0.2) is 5.69 Å². The molecule has 0 saturated heterocycles. The predicted molar refractivity (Wildman–Crippen MR) is 72.8 cm³/mol. The number of nitrogens with zero attached hydrogens (tertiary/aromatic N) is 3. The molecule has 0 unspecified atom stereocenters. The fourth-order valence-corrected chi connectivity index (χ4v) is 2.13. The molecule has 0 radical (unpaired) electrons. The number of anilines is 1. The Kier molecular flexibility index (Phi) is 4.31. The van der Waals surface area contributed by atoms with Crippen molar-refractivity contribution < 1.29 is 14.7 Å². The average molecular weight is 295 g/mol. The molecular formula is C11H13N5O3S. The third-order valence-electron chi connectivity index (χ3n) is 2.39. The molecule has 20 heavy (non-hydrogen) atoms. The van der Waals surface area contributed by atoms with E-state index in [9.17, 15) is 9.59 Å². The molecule has 9 heteroatoms. The van der Waals surface area contributed by atoms with E-state index >= 15 is 0 Å².